The smallest absolute Gasteiger partial charge is 0.339 e. The van der Waals surface area contributed by atoms with Crippen molar-refractivity contribution in [2.24, 2.45) is 0 Å². The standard InChI is InChI=1S/C21H18N2O5/c1-27-20(25)12-22-19(24)13-28-21(26)16-11-18(14-7-3-2-4-8-14)23-17-10-6-5-9-15(16)17/h2-11H,12-13H2,1H3,(H,22,24). The van der Waals surface area contributed by atoms with Crippen molar-refractivity contribution in [1.29, 1.82) is 0 Å². The van der Waals surface area contributed by atoms with Crippen LogP contribution in [0.15, 0.2) is 60.7 Å². The van der Waals surface area contributed by atoms with Crippen molar-refractivity contribution >= 4 is 28.7 Å². The number of benzene rings is 2. The molecule has 28 heavy (non-hydrogen) atoms. The van der Waals surface area contributed by atoms with E-state index >= 15 is 0 Å². The highest BCUT2D eigenvalue weighted by Gasteiger charge is 2.16. The van der Waals surface area contributed by atoms with Gasteiger partial charge in [-0.05, 0) is 12.1 Å². The second kappa shape index (κ2) is 8.77. The van der Waals surface area contributed by atoms with Gasteiger partial charge in [0.2, 0.25) is 0 Å². The first kappa shape index (κ1) is 19.0. The summed E-state index contributed by atoms with van der Waals surface area (Å²) in [6.45, 7) is -0.795. The van der Waals surface area contributed by atoms with Crippen LogP contribution in [-0.2, 0) is 19.1 Å². The number of esters is 2. The normalized spacial score (nSPS) is 10.3. The summed E-state index contributed by atoms with van der Waals surface area (Å²) in [6, 6.07) is 18.3. The Hall–Kier alpha value is -3.74. The SMILES string of the molecule is COC(=O)CNC(=O)COC(=O)c1cc(-c2ccccc2)nc2ccccc12. The van der Waals surface area contributed by atoms with Gasteiger partial charge in [-0.2, -0.15) is 0 Å². The molecule has 0 aliphatic rings. The summed E-state index contributed by atoms with van der Waals surface area (Å²) in [5, 5.41) is 2.94. The molecule has 1 N–H and O–H groups in total. The van der Waals surface area contributed by atoms with Gasteiger partial charge in [-0.25, -0.2) is 9.78 Å². The van der Waals surface area contributed by atoms with Crippen LogP contribution in [0.3, 0.4) is 0 Å². The number of para-hydroxylation sites is 1. The molecule has 0 fully saturated rings. The molecule has 1 heterocycles. The molecule has 0 aliphatic carbocycles. The first-order valence-corrected chi connectivity index (χ1v) is 8.54. The van der Waals surface area contributed by atoms with Crippen LogP contribution in [0, 0.1) is 0 Å². The van der Waals surface area contributed by atoms with Crippen molar-refractivity contribution in [2.75, 3.05) is 20.3 Å². The van der Waals surface area contributed by atoms with Gasteiger partial charge < -0.3 is 14.8 Å². The van der Waals surface area contributed by atoms with Crippen molar-refractivity contribution in [3.8, 4) is 11.3 Å². The fourth-order valence-corrected chi connectivity index (χ4v) is 2.60. The van der Waals surface area contributed by atoms with E-state index in [9.17, 15) is 14.4 Å². The lowest BCUT2D eigenvalue weighted by atomic mass is 10.0. The number of carbonyl (C=O) groups is 3. The van der Waals surface area contributed by atoms with Crippen LogP contribution < -0.4 is 5.32 Å². The summed E-state index contributed by atoms with van der Waals surface area (Å²) in [4.78, 5) is 40.0. The third-order valence-electron chi connectivity index (χ3n) is 4.00. The topological polar surface area (TPSA) is 94.6 Å². The van der Waals surface area contributed by atoms with Crippen molar-refractivity contribution < 1.29 is 23.9 Å². The Labute approximate surface area is 161 Å². The van der Waals surface area contributed by atoms with Crippen molar-refractivity contribution in [3.63, 3.8) is 0 Å². The minimum Gasteiger partial charge on any atom is -0.468 e. The minimum absolute atomic E-state index is 0.288. The summed E-state index contributed by atoms with van der Waals surface area (Å²) >= 11 is 0. The zero-order chi connectivity index (χ0) is 19.9. The van der Waals surface area contributed by atoms with E-state index in [0.717, 1.165) is 5.56 Å². The molecule has 0 unspecified atom stereocenters. The summed E-state index contributed by atoms with van der Waals surface area (Å²) in [7, 11) is 1.22. The van der Waals surface area contributed by atoms with E-state index in [2.05, 4.69) is 15.0 Å². The van der Waals surface area contributed by atoms with Crippen molar-refractivity contribution in [3.05, 3.63) is 66.2 Å². The molecule has 0 atom stereocenters. The van der Waals surface area contributed by atoms with E-state index in [-0.39, 0.29) is 6.54 Å². The van der Waals surface area contributed by atoms with Crippen LogP contribution in [0.5, 0.6) is 0 Å². The van der Waals surface area contributed by atoms with Crippen LogP contribution in [-0.4, -0.2) is 43.1 Å². The number of hydrogen-bond donors (Lipinski definition) is 1. The number of fused-ring (bicyclic) bond motifs is 1. The first-order valence-electron chi connectivity index (χ1n) is 8.54. The molecule has 3 rings (SSSR count). The number of ether oxygens (including phenoxy) is 2. The minimum atomic E-state index is -0.649. The van der Waals surface area contributed by atoms with Gasteiger partial charge in [0.15, 0.2) is 6.61 Å². The van der Waals surface area contributed by atoms with Crippen LogP contribution in [0.4, 0.5) is 0 Å². The zero-order valence-electron chi connectivity index (χ0n) is 15.2. The highest BCUT2D eigenvalue weighted by molar-refractivity contribution is 6.05. The maximum atomic E-state index is 12.6. The molecule has 1 aromatic heterocycles. The maximum absolute atomic E-state index is 12.6. The Morgan fingerprint density at radius 1 is 1.00 bits per heavy atom. The zero-order valence-corrected chi connectivity index (χ0v) is 15.2. The molecule has 0 bridgehead atoms. The lowest BCUT2D eigenvalue weighted by Crippen LogP contribution is -2.33. The second-order valence-electron chi connectivity index (χ2n) is 5.87. The largest absolute Gasteiger partial charge is 0.468 e. The predicted molar refractivity (Wildman–Crippen MR) is 102 cm³/mol. The van der Waals surface area contributed by atoms with Gasteiger partial charge in [-0.15, -0.1) is 0 Å². The maximum Gasteiger partial charge on any atom is 0.339 e. The molecule has 0 saturated heterocycles. The van der Waals surface area contributed by atoms with E-state index in [1.807, 2.05) is 42.5 Å². The van der Waals surface area contributed by atoms with E-state index in [1.165, 1.54) is 7.11 Å². The third-order valence-corrected chi connectivity index (χ3v) is 4.00. The summed E-state index contributed by atoms with van der Waals surface area (Å²) in [6.07, 6.45) is 0. The fourth-order valence-electron chi connectivity index (χ4n) is 2.60. The monoisotopic (exact) mass is 378 g/mol. The van der Waals surface area contributed by atoms with Crippen LogP contribution in [0.25, 0.3) is 22.2 Å². The molecule has 7 heteroatoms. The van der Waals surface area contributed by atoms with Gasteiger partial charge in [0.1, 0.15) is 6.54 Å². The van der Waals surface area contributed by atoms with Crippen LogP contribution in [0.2, 0.25) is 0 Å². The molecule has 0 radical (unpaired) electrons. The highest BCUT2D eigenvalue weighted by atomic mass is 16.5. The molecule has 7 nitrogen and oxygen atoms in total. The number of methoxy groups -OCH3 is 1. The number of nitrogens with one attached hydrogen (secondary N) is 1. The Morgan fingerprint density at radius 3 is 2.46 bits per heavy atom. The van der Waals surface area contributed by atoms with Crippen molar-refractivity contribution in [1.82, 2.24) is 10.3 Å². The van der Waals surface area contributed by atoms with Gasteiger partial charge >= 0.3 is 11.9 Å². The van der Waals surface area contributed by atoms with Gasteiger partial charge in [0.05, 0.1) is 23.9 Å². The Bertz CT molecular complexity index is 1020. The van der Waals surface area contributed by atoms with Gasteiger partial charge in [-0.3, -0.25) is 9.59 Å². The fraction of sp³-hybridized carbons (Fsp3) is 0.143. The summed E-state index contributed by atoms with van der Waals surface area (Å²) < 4.78 is 9.55. The van der Waals surface area contributed by atoms with E-state index in [0.29, 0.717) is 22.2 Å². The van der Waals surface area contributed by atoms with Gasteiger partial charge in [0.25, 0.3) is 5.91 Å². The molecule has 0 spiro atoms. The van der Waals surface area contributed by atoms with Gasteiger partial charge in [-0.1, -0.05) is 48.5 Å². The molecule has 1 amide bonds. The number of rotatable bonds is 6. The molecule has 2 aromatic carbocycles. The number of carbonyl (C=O) groups excluding carboxylic acids is 3. The first-order chi connectivity index (χ1) is 13.6. The highest BCUT2D eigenvalue weighted by Crippen LogP contribution is 2.25. The Balaban J connectivity index is 1.82. The molecule has 142 valence electrons. The molecule has 0 saturated carbocycles. The van der Waals surface area contributed by atoms with E-state index in [4.69, 9.17) is 4.74 Å². The van der Waals surface area contributed by atoms with Crippen molar-refractivity contribution in [2.45, 2.75) is 0 Å². The number of aromatic nitrogens is 1. The molecule has 3 aromatic rings. The third kappa shape index (κ3) is 4.50. The van der Waals surface area contributed by atoms with E-state index < -0.39 is 24.5 Å². The molecular formula is C21H18N2O5. The Morgan fingerprint density at radius 2 is 1.71 bits per heavy atom. The summed E-state index contributed by atoms with van der Waals surface area (Å²) in [5.41, 5.74) is 2.44. The number of nitrogens with zero attached hydrogens (tertiary/aromatic N) is 1. The van der Waals surface area contributed by atoms with Crippen LogP contribution >= 0.6 is 0 Å². The number of amides is 1. The average molecular weight is 378 g/mol. The average Bonchev–Trinajstić information content (AvgIpc) is 2.75. The Kier molecular flexibility index (Phi) is 5.96. The van der Waals surface area contributed by atoms with Crippen LogP contribution in [0.1, 0.15) is 10.4 Å². The quantitative estimate of drug-likeness (QED) is 0.662. The number of hydrogen-bond acceptors (Lipinski definition) is 6. The summed E-state index contributed by atoms with van der Waals surface area (Å²) in [5.74, 6) is -1.84. The second-order valence-corrected chi connectivity index (χ2v) is 5.87. The lowest BCUT2D eigenvalue weighted by Gasteiger charge is -2.10. The van der Waals surface area contributed by atoms with E-state index in [1.54, 1.807) is 18.2 Å². The molecular weight excluding hydrogens is 360 g/mol. The molecule has 0 aliphatic heterocycles. The van der Waals surface area contributed by atoms with Gasteiger partial charge in [0, 0.05) is 10.9 Å². The lowest BCUT2D eigenvalue weighted by molar-refractivity contribution is -0.141. The predicted octanol–water partition coefficient (Wildman–Crippen LogP) is 2.35. The number of pyridine rings is 1.